The summed E-state index contributed by atoms with van der Waals surface area (Å²) in [7, 11) is -3.85. The highest BCUT2D eigenvalue weighted by atomic mass is 32.2. The molecule has 0 unspecified atom stereocenters. The highest BCUT2D eigenvalue weighted by molar-refractivity contribution is 8.01. The number of nitrogens with one attached hydrogen (secondary N) is 1. The lowest BCUT2D eigenvalue weighted by atomic mass is 10.3. The van der Waals surface area contributed by atoms with E-state index in [4.69, 9.17) is 0 Å². The van der Waals surface area contributed by atoms with Crippen LogP contribution in [0.4, 0.5) is 10.8 Å². The molecule has 0 saturated carbocycles. The second-order valence-corrected chi connectivity index (χ2v) is 8.86. The van der Waals surface area contributed by atoms with E-state index in [1.807, 2.05) is 0 Å². The van der Waals surface area contributed by atoms with Crippen molar-refractivity contribution in [2.24, 2.45) is 5.92 Å². The van der Waals surface area contributed by atoms with Gasteiger partial charge >= 0.3 is 0 Å². The highest BCUT2D eigenvalue weighted by Gasteiger charge is 2.18. The summed E-state index contributed by atoms with van der Waals surface area (Å²) in [6, 6.07) is 4.63. The highest BCUT2D eigenvalue weighted by Crippen LogP contribution is 2.28. The number of aromatic nitrogens is 2. The summed E-state index contributed by atoms with van der Waals surface area (Å²) in [5.41, 5.74) is -0.174. The predicted octanol–water partition coefficient (Wildman–Crippen LogP) is 3.00. The van der Waals surface area contributed by atoms with Gasteiger partial charge in [-0.1, -0.05) is 36.9 Å². The van der Waals surface area contributed by atoms with E-state index >= 15 is 0 Å². The standard InChI is InChI=1S/C12H14N4O4S3/c1-8(2)7-21-12-14-13-11(22-12)15-23(19,20)10-5-3-9(4-6-10)16(17)18/h3-6,8H,7H2,1-2H3,(H,13,15). The van der Waals surface area contributed by atoms with Crippen molar-refractivity contribution in [3.05, 3.63) is 34.4 Å². The zero-order chi connectivity index (χ0) is 17.0. The average Bonchev–Trinajstić information content (AvgIpc) is 2.92. The van der Waals surface area contributed by atoms with E-state index in [9.17, 15) is 18.5 Å². The quantitative estimate of drug-likeness (QED) is 0.450. The first kappa shape index (κ1) is 17.6. The van der Waals surface area contributed by atoms with E-state index in [1.54, 1.807) is 0 Å². The SMILES string of the molecule is CC(C)CSc1nnc(NS(=O)(=O)c2ccc([N+](=O)[O-])cc2)s1. The minimum absolute atomic E-state index is 0.0744. The zero-order valence-corrected chi connectivity index (χ0v) is 14.7. The Morgan fingerprint density at radius 2 is 1.96 bits per heavy atom. The first-order chi connectivity index (χ1) is 10.8. The lowest BCUT2D eigenvalue weighted by Gasteiger charge is -2.04. The van der Waals surface area contributed by atoms with Crippen molar-refractivity contribution < 1.29 is 13.3 Å². The van der Waals surface area contributed by atoms with Gasteiger partial charge in [-0.2, -0.15) is 0 Å². The van der Waals surface area contributed by atoms with E-state index in [1.165, 1.54) is 23.9 Å². The van der Waals surface area contributed by atoms with Crippen molar-refractivity contribution in [2.45, 2.75) is 23.1 Å². The Morgan fingerprint density at radius 1 is 1.30 bits per heavy atom. The van der Waals surface area contributed by atoms with Crippen LogP contribution in [0.25, 0.3) is 0 Å². The molecule has 0 aliphatic carbocycles. The molecule has 0 amide bonds. The number of hydrogen-bond acceptors (Lipinski definition) is 8. The molecule has 1 aromatic carbocycles. The van der Waals surface area contributed by atoms with Crippen molar-refractivity contribution in [2.75, 3.05) is 10.5 Å². The molecule has 0 saturated heterocycles. The van der Waals surface area contributed by atoms with Gasteiger partial charge < -0.3 is 0 Å². The van der Waals surface area contributed by atoms with Gasteiger partial charge in [0.05, 0.1) is 9.82 Å². The van der Waals surface area contributed by atoms with Gasteiger partial charge in [0, 0.05) is 17.9 Å². The summed E-state index contributed by atoms with van der Waals surface area (Å²) in [5, 5.41) is 18.5. The molecule has 2 aromatic rings. The molecule has 8 nitrogen and oxygen atoms in total. The monoisotopic (exact) mass is 374 g/mol. The van der Waals surface area contributed by atoms with Gasteiger partial charge in [-0.25, -0.2) is 8.42 Å². The van der Waals surface area contributed by atoms with Gasteiger partial charge in [0.15, 0.2) is 4.34 Å². The minimum Gasteiger partial charge on any atom is -0.258 e. The maximum atomic E-state index is 12.2. The molecule has 1 heterocycles. The Bertz CT molecular complexity index is 787. The Hall–Kier alpha value is -1.72. The van der Waals surface area contributed by atoms with Gasteiger partial charge in [0.1, 0.15) is 0 Å². The third-order valence-electron chi connectivity index (χ3n) is 2.53. The van der Waals surface area contributed by atoms with Crippen molar-refractivity contribution in [1.82, 2.24) is 10.2 Å². The van der Waals surface area contributed by atoms with E-state index in [2.05, 4.69) is 28.8 Å². The topological polar surface area (TPSA) is 115 Å². The molecule has 23 heavy (non-hydrogen) atoms. The van der Waals surface area contributed by atoms with E-state index < -0.39 is 14.9 Å². The molecule has 0 spiro atoms. The molecule has 124 valence electrons. The van der Waals surface area contributed by atoms with Crippen LogP contribution < -0.4 is 4.72 Å². The maximum absolute atomic E-state index is 12.2. The van der Waals surface area contributed by atoms with Crippen molar-refractivity contribution >= 4 is 43.9 Å². The first-order valence-electron chi connectivity index (χ1n) is 6.51. The molecule has 0 bridgehead atoms. The molecule has 0 radical (unpaired) electrons. The predicted molar refractivity (Wildman–Crippen MR) is 89.4 cm³/mol. The fraction of sp³-hybridized carbons (Fsp3) is 0.333. The number of anilines is 1. The van der Waals surface area contributed by atoms with Crippen LogP contribution >= 0.6 is 23.1 Å². The molecule has 1 aromatic heterocycles. The van der Waals surface area contributed by atoms with Gasteiger partial charge in [0.2, 0.25) is 5.13 Å². The van der Waals surface area contributed by atoms with Crippen LogP contribution in [-0.2, 0) is 10.0 Å². The molecule has 0 atom stereocenters. The fourth-order valence-corrected chi connectivity index (χ4v) is 4.43. The molecule has 11 heteroatoms. The van der Waals surface area contributed by atoms with Crippen LogP contribution in [0.5, 0.6) is 0 Å². The van der Waals surface area contributed by atoms with Crippen LogP contribution in [0.15, 0.2) is 33.5 Å². The van der Waals surface area contributed by atoms with Crippen LogP contribution in [0.2, 0.25) is 0 Å². The average molecular weight is 374 g/mol. The smallest absolute Gasteiger partial charge is 0.258 e. The largest absolute Gasteiger partial charge is 0.269 e. The third kappa shape index (κ3) is 4.88. The Kier molecular flexibility index (Phi) is 5.55. The molecule has 2 rings (SSSR count). The van der Waals surface area contributed by atoms with Crippen molar-refractivity contribution in [1.29, 1.82) is 0 Å². The summed E-state index contributed by atoms with van der Waals surface area (Å²) in [4.78, 5) is 9.92. The first-order valence-corrected chi connectivity index (χ1v) is 9.80. The number of thioether (sulfide) groups is 1. The fourth-order valence-electron chi connectivity index (χ4n) is 1.47. The van der Waals surface area contributed by atoms with E-state index in [0.29, 0.717) is 10.3 Å². The number of nitro groups is 1. The van der Waals surface area contributed by atoms with Gasteiger partial charge in [-0.3, -0.25) is 14.8 Å². The van der Waals surface area contributed by atoms with Gasteiger partial charge in [-0.15, -0.1) is 10.2 Å². The van der Waals surface area contributed by atoms with Crippen molar-refractivity contribution in [3.8, 4) is 0 Å². The number of rotatable bonds is 7. The normalized spacial score (nSPS) is 11.6. The number of nitro benzene ring substituents is 1. The number of nitrogens with zero attached hydrogens (tertiary/aromatic N) is 3. The van der Waals surface area contributed by atoms with E-state index in [0.717, 1.165) is 29.2 Å². The summed E-state index contributed by atoms with van der Waals surface area (Å²) < 4.78 is 27.4. The van der Waals surface area contributed by atoms with Crippen LogP contribution in [0.3, 0.4) is 0 Å². The number of non-ortho nitro benzene ring substituents is 1. The Morgan fingerprint density at radius 3 is 2.52 bits per heavy atom. The second kappa shape index (κ2) is 7.23. The zero-order valence-electron chi connectivity index (χ0n) is 12.3. The van der Waals surface area contributed by atoms with Gasteiger partial charge in [0.25, 0.3) is 15.7 Å². The number of sulfonamides is 1. The van der Waals surface area contributed by atoms with Crippen LogP contribution in [0.1, 0.15) is 13.8 Å². The van der Waals surface area contributed by atoms with Crippen molar-refractivity contribution in [3.63, 3.8) is 0 Å². The van der Waals surface area contributed by atoms with Gasteiger partial charge in [-0.05, 0) is 18.1 Å². The second-order valence-electron chi connectivity index (χ2n) is 4.93. The molecular formula is C12H14N4O4S3. The summed E-state index contributed by atoms with van der Waals surface area (Å²) in [5.74, 6) is 1.35. The summed E-state index contributed by atoms with van der Waals surface area (Å²) in [6.07, 6.45) is 0. The van der Waals surface area contributed by atoms with Crippen LogP contribution in [-0.4, -0.2) is 29.3 Å². The molecular weight excluding hydrogens is 360 g/mol. The molecule has 0 fully saturated rings. The lowest BCUT2D eigenvalue weighted by Crippen LogP contribution is -2.12. The molecule has 1 N–H and O–H groups in total. The number of benzene rings is 1. The van der Waals surface area contributed by atoms with Crippen LogP contribution in [0, 0.1) is 16.0 Å². The Balaban J connectivity index is 2.10. The summed E-state index contributed by atoms with van der Waals surface area (Å²) in [6.45, 7) is 4.15. The number of hydrogen-bond donors (Lipinski definition) is 1. The van der Waals surface area contributed by atoms with E-state index in [-0.39, 0.29) is 15.7 Å². The lowest BCUT2D eigenvalue weighted by molar-refractivity contribution is -0.384. The Labute approximate surface area is 141 Å². The molecule has 0 aliphatic heterocycles. The minimum atomic E-state index is -3.85. The third-order valence-corrected chi connectivity index (χ3v) is 6.41. The maximum Gasteiger partial charge on any atom is 0.269 e. The summed E-state index contributed by atoms with van der Waals surface area (Å²) >= 11 is 2.66. The molecule has 0 aliphatic rings.